The predicted octanol–water partition coefficient (Wildman–Crippen LogP) is 1.98. The minimum Gasteiger partial charge on any atom is -0.327 e. The molecule has 0 saturated heterocycles. The summed E-state index contributed by atoms with van der Waals surface area (Å²) in [7, 11) is 1.60. The quantitative estimate of drug-likeness (QED) is 0.905. The summed E-state index contributed by atoms with van der Waals surface area (Å²) in [6.07, 6.45) is 1.53. The van der Waals surface area contributed by atoms with E-state index in [1.807, 2.05) is 0 Å². The monoisotopic (exact) mass is 250 g/mol. The lowest BCUT2D eigenvalue weighted by molar-refractivity contribution is 0.600. The molecule has 0 amide bonds. The van der Waals surface area contributed by atoms with Crippen LogP contribution in [0.3, 0.4) is 0 Å². The van der Waals surface area contributed by atoms with Crippen LogP contribution in [0.4, 0.5) is 20.3 Å². The van der Waals surface area contributed by atoms with E-state index in [0.717, 1.165) is 18.2 Å². The zero-order chi connectivity index (χ0) is 13.1. The van der Waals surface area contributed by atoms with Crippen LogP contribution >= 0.6 is 0 Å². The van der Waals surface area contributed by atoms with Gasteiger partial charge in [0, 0.05) is 19.3 Å². The maximum absolute atomic E-state index is 13.6. The van der Waals surface area contributed by atoms with Crippen molar-refractivity contribution >= 4 is 11.5 Å². The first-order chi connectivity index (χ1) is 8.61. The summed E-state index contributed by atoms with van der Waals surface area (Å²) < 4.78 is 26.7. The van der Waals surface area contributed by atoms with E-state index in [0.29, 0.717) is 11.6 Å². The lowest BCUT2D eigenvalue weighted by Gasteiger charge is -2.19. The van der Waals surface area contributed by atoms with E-state index in [-0.39, 0.29) is 12.2 Å². The van der Waals surface area contributed by atoms with Crippen molar-refractivity contribution in [1.29, 1.82) is 0 Å². The van der Waals surface area contributed by atoms with Crippen molar-refractivity contribution in [1.82, 2.24) is 9.97 Å². The normalized spacial score (nSPS) is 10.4. The van der Waals surface area contributed by atoms with Crippen molar-refractivity contribution in [3.63, 3.8) is 0 Å². The standard InChI is InChI=1S/C12H12F2N4/c1-18(10-6-8(13)2-3-9(10)14)12-4-5-16-11(7-15)17-12/h2-6H,7,15H2,1H3. The van der Waals surface area contributed by atoms with Crippen LogP contribution in [0.15, 0.2) is 30.5 Å². The van der Waals surface area contributed by atoms with Crippen LogP contribution < -0.4 is 10.6 Å². The number of halogens is 2. The van der Waals surface area contributed by atoms with E-state index in [1.165, 1.54) is 11.1 Å². The van der Waals surface area contributed by atoms with Crippen LogP contribution in [0.5, 0.6) is 0 Å². The molecule has 1 heterocycles. The number of anilines is 2. The van der Waals surface area contributed by atoms with Gasteiger partial charge in [-0.3, -0.25) is 0 Å². The van der Waals surface area contributed by atoms with Gasteiger partial charge in [0.25, 0.3) is 0 Å². The molecule has 0 fully saturated rings. The Morgan fingerprint density at radius 2 is 2.06 bits per heavy atom. The smallest absolute Gasteiger partial charge is 0.147 e. The molecule has 0 aliphatic rings. The van der Waals surface area contributed by atoms with E-state index in [4.69, 9.17) is 5.73 Å². The number of aromatic nitrogens is 2. The van der Waals surface area contributed by atoms with E-state index in [2.05, 4.69) is 9.97 Å². The van der Waals surface area contributed by atoms with Gasteiger partial charge < -0.3 is 10.6 Å². The van der Waals surface area contributed by atoms with Crippen molar-refractivity contribution in [2.75, 3.05) is 11.9 Å². The fraction of sp³-hybridized carbons (Fsp3) is 0.167. The molecule has 0 unspecified atom stereocenters. The van der Waals surface area contributed by atoms with Gasteiger partial charge in [-0.2, -0.15) is 0 Å². The lowest BCUT2D eigenvalue weighted by Crippen LogP contribution is -2.15. The van der Waals surface area contributed by atoms with Crippen molar-refractivity contribution in [3.05, 3.63) is 47.9 Å². The summed E-state index contributed by atoms with van der Waals surface area (Å²) >= 11 is 0. The fourth-order valence-electron chi connectivity index (χ4n) is 1.54. The Balaban J connectivity index is 2.40. The molecule has 0 spiro atoms. The molecule has 2 rings (SSSR count). The molecule has 0 aliphatic carbocycles. The molecular weight excluding hydrogens is 238 g/mol. The first kappa shape index (κ1) is 12.4. The van der Waals surface area contributed by atoms with Crippen LogP contribution in [0, 0.1) is 11.6 Å². The first-order valence-electron chi connectivity index (χ1n) is 5.32. The number of hydrogen-bond acceptors (Lipinski definition) is 4. The van der Waals surface area contributed by atoms with Crippen molar-refractivity contribution < 1.29 is 8.78 Å². The molecule has 6 heteroatoms. The summed E-state index contributed by atoms with van der Waals surface area (Å²) in [6, 6.07) is 4.85. The number of benzene rings is 1. The number of rotatable bonds is 3. The third-order valence-corrected chi connectivity index (χ3v) is 2.49. The molecule has 0 saturated carbocycles. The average molecular weight is 250 g/mol. The second kappa shape index (κ2) is 5.05. The molecule has 2 aromatic rings. The zero-order valence-electron chi connectivity index (χ0n) is 9.77. The van der Waals surface area contributed by atoms with Gasteiger partial charge in [-0.15, -0.1) is 0 Å². The summed E-state index contributed by atoms with van der Waals surface area (Å²) in [5, 5.41) is 0. The van der Waals surface area contributed by atoms with E-state index in [9.17, 15) is 8.78 Å². The Morgan fingerprint density at radius 1 is 1.28 bits per heavy atom. The summed E-state index contributed by atoms with van der Waals surface area (Å²) in [4.78, 5) is 9.53. The average Bonchev–Trinajstić information content (AvgIpc) is 2.41. The van der Waals surface area contributed by atoms with Gasteiger partial charge in [0.1, 0.15) is 23.3 Å². The van der Waals surface area contributed by atoms with E-state index >= 15 is 0 Å². The zero-order valence-corrected chi connectivity index (χ0v) is 9.77. The number of hydrogen-bond donors (Lipinski definition) is 1. The highest BCUT2D eigenvalue weighted by atomic mass is 19.1. The van der Waals surface area contributed by atoms with Gasteiger partial charge in [0.2, 0.25) is 0 Å². The number of nitrogens with zero attached hydrogens (tertiary/aromatic N) is 3. The maximum atomic E-state index is 13.6. The Morgan fingerprint density at radius 3 is 2.78 bits per heavy atom. The van der Waals surface area contributed by atoms with Gasteiger partial charge in [-0.1, -0.05) is 0 Å². The molecule has 0 bridgehead atoms. The van der Waals surface area contributed by atoms with E-state index in [1.54, 1.807) is 13.1 Å². The SMILES string of the molecule is CN(c1ccnc(CN)n1)c1cc(F)ccc1F. The first-order valence-corrected chi connectivity index (χ1v) is 5.32. The minimum atomic E-state index is -0.521. The predicted molar refractivity (Wildman–Crippen MR) is 64.3 cm³/mol. The minimum absolute atomic E-state index is 0.108. The van der Waals surface area contributed by atoms with Gasteiger partial charge in [-0.25, -0.2) is 18.7 Å². The molecule has 0 radical (unpaired) electrons. The Kier molecular flexibility index (Phi) is 3.47. The van der Waals surface area contributed by atoms with Gasteiger partial charge in [0.15, 0.2) is 0 Å². The van der Waals surface area contributed by atoms with Crippen LogP contribution in [0.2, 0.25) is 0 Å². The maximum Gasteiger partial charge on any atom is 0.147 e. The third kappa shape index (κ3) is 2.43. The highest BCUT2D eigenvalue weighted by molar-refractivity contribution is 5.59. The third-order valence-electron chi connectivity index (χ3n) is 2.49. The van der Waals surface area contributed by atoms with E-state index < -0.39 is 11.6 Å². The molecule has 0 atom stereocenters. The topological polar surface area (TPSA) is 55.0 Å². The fourth-order valence-corrected chi connectivity index (χ4v) is 1.54. The Bertz CT molecular complexity index is 560. The summed E-state index contributed by atoms with van der Waals surface area (Å²) in [5.74, 6) is -0.135. The molecule has 0 aliphatic heterocycles. The van der Waals surface area contributed by atoms with Crippen LogP contribution in [-0.4, -0.2) is 17.0 Å². The second-order valence-corrected chi connectivity index (χ2v) is 3.69. The summed E-state index contributed by atoms with van der Waals surface area (Å²) in [5.41, 5.74) is 5.54. The van der Waals surface area contributed by atoms with Crippen LogP contribution in [0.25, 0.3) is 0 Å². The van der Waals surface area contributed by atoms with Crippen LogP contribution in [0.1, 0.15) is 5.82 Å². The molecule has 1 aromatic heterocycles. The molecule has 94 valence electrons. The molecule has 18 heavy (non-hydrogen) atoms. The largest absolute Gasteiger partial charge is 0.327 e. The van der Waals surface area contributed by atoms with Gasteiger partial charge in [0.05, 0.1) is 12.2 Å². The Labute approximate surface area is 103 Å². The van der Waals surface area contributed by atoms with Gasteiger partial charge >= 0.3 is 0 Å². The summed E-state index contributed by atoms with van der Waals surface area (Å²) in [6.45, 7) is 0.188. The van der Waals surface area contributed by atoms with Gasteiger partial charge in [-0.05, 0) is 18.2 Å². The molecule has 4 nitrogen and oxygen atoms in total. The number of nitrogens with two attached hydrogens (primary N) is 1. The highest BCUT2D eigenvalue weighted by Crippen LogP contribution is 2.25. The lowest BCUT2D eigenvalue weighted by atomic mass is 10.2. The van der Waals surface area contributed by atoms with Crippen molar-refractivity contribution in [2.45, 2.75) is 6.54 Å². The Hall–Kier alpha value is -2.08. The molecular formula is C12H12F2N4. The second-order valence-electron chi connectivity index (χ2n) is 3.69. The highest BCUT2D eigenvalue weighted by Gasteiger charge is 2.12. The van der Waals surface area contributed by atoms with Crippen molar-refractivity contribution in [3.8, 4) is 0 Å². The molecule has 2 N–H and O–H groups in total. The van der Waals surface area contributed by atoms with Crippen molar-refractivity contribution in [2.24, 2.45) is 5.73 Å². The van der Waals surface area contributed by atoms with Crippen LogP contribution in [-0.2, 0) is 6.54 Å². The molecule has 1 aromatic carbocycles.